The fourth-order valence-corrected chi connectivity index (χ4v) is 2.44. The van der Waals surface area contributed by atoms with Crippen LogP contribution in [0.5, 0.6) is 11.5 Å². The number of alkyl halides is 1. The Bertz CT molecular complexity index is 480. The van der Waals surface area contributed by atoms with E-state index >= 15 is 0 Å². The number of hydrogen-bond donors (Lipinski definition) is 2. The molecule has 6 heteroatoms. The Labute approximate surface area is 119 Å². The topological polar surface area (TPSA) is 70.0 Å². The summed E-state index contributed by atoms with van der Waals surface area (Å²) in [5.41, 5.74) is 0.113. The van der Waals surface area contributed by atoms with Gasteiger partial charge in [-0.25, -0.2) is 0 Å². The van der Waals surface area contributed by atoms with E-state index in [0.29, 0.717) is 18.5 Å². The lowest BCUT2D eigenvalue weighted by atomic mass is 10.1. The summed E-state index contributed by atoms with van der Waals surface area (Å²) in [6.07, 6.45) is -0.0559. The largest absolute Gasteiger partial charge is 0.504 e. The van der Waals surface area contributed by atoms with E-state index in [2.05, 4.69) is 15.9 Å². The second-order valence-corrected chi connectivity index (χ2v) is 5.24. The van der Waals surface area contributed by atoms with Crippen molar-refractivity contribution in [3.63, 3.8) is 0 Å². The van der Waals surface area contributed by atoms with Gasteiger partial charge in [-0.15, -0.1) is 0 Å². The number of nitrogens with zero attached hydrogens (tertiary/aromatic N) is 1. The highest BCUT2D eigenvalue weighted by atomic mass is 79.9. The number of amides is 1. The van der Waals surface area contributed by atoms with Crippen LogP contribution in [0.25, 0.3) is 0 Å². The molecule has 1 aliphatic heterocycles. The van der Waals surface area contributed by atoms with Crippen LogP contribution in [0.3, 0.4) is 0 Å². The first-order chi connectivity index (χ1) is 9.04. The van der Waals surface area contributed by atoms with Gasteiger partial charge in [-0.05, 0) is 19.1 Å². The third kappa shape index (κ3) is 2.84. The summed E-state index contributed by atoms with van der Waals surface area (Å²) in [6, 6.07) is 4.32. The molecule has 5 nitrogen and oxygen atoms in total. The SMILES string of the molecule is CC1COC(CBr)CN1C(=O)c1cccc(O)c1O. The Morgan fingerprint density at radius 2 is 2.26 bits per heavy atom. The lowest BCUT2D eigenvalue weighted by Gasteiger charge is -2.37. The Kier molecular flexibility index (Phi) is 4.31. The normalized spacial score (nSPS) is 23.4. The first-order valence-electron chi connectivity index (χ1n) is 6.04. The minimum atomic E-state index is -0.374. The zero-order valence-corrected chi connectivity index (χ0v) is 12.1. The van der Waals surface area contributed by atoms with Crippen molar-refractivity contribution in [2.75, 3.05) is 18.5 Å². The number of halogens is 1. The van der Waals surface area contributed by atoms with Crippen LogP contribution in [-0.2, 0) is 4.74 Å². The predicted molar refractivity (Wildman–Crippen MR) is 73.8 cm³/mol. The van der Waals surface area contributed by atoms with Crippen molar-refractivity contribution in [1.82, 2.24) is 4.90 Å². The number of carbonyl (C=O) groups is 1. The summed E-state index contributed by atoms with van der Waals surface area (Å²) in [5, 5.41) is 19.9. The molecule has 2 rings (SSSR count). The quantitative estimate of drug-likeness (QED) is 0.640. The van der Waals surface area contributed by atoms with Gasteiger partial charge in [-0.2, -0.15) is 0 Å². The number of ether oxygens (including phenoxy) is 1. The van der Waals surface area contributed by atoms with E-state index in [1.807, 2.05) is 6.92 Å². The highest BCUT2D eigenvalue weighted by molar-refractivity contribution is 9.09. The van der Waals surface area contributed by atoms with Gasteiger partial charge in [0, 0.05) is 11.9 Å². The fraction of sp³-hybridized carbons (Fsp3) is 0.462. The fourth-order valence-electron chi connectivity index (χ4n) is 2.05. The Hall–Kier alpha value is -1.27. The molecule has 1 aromatic rings. The van der Waals surface area contributed by atoms with Crippen LogP contribution in [0.2, 0.25) is 0 Å². The van der Waals surface area contributed by atoms with Crippen molar-refractivity contribution in [1.29, 1.82) is 0 Å². The maximum Gasteiger partial charge on any atom is 0.258 e. The molecule has 1 aliphatic rings. The molecule has 0 bridgehead atoms. The average molecular weight is 330 g/mol. The third-order valence-corrected chi connectivity index (χ3v) is 3.91. The van der Waals surface area contributed by atoms with E-state index in [-0.39, 0.29) is 35.1 Å². The van der Waals surface area contributed by atoms with Crippen molar-refractivity contribution in [3.05, 3.63) is 23.8 Å². The van der Waals surface area contributed by atoms with Gasteiger partial charge in [-0.3, -0.25) is 4.79 Å². The van der Waals surface area contributed by atoms with E-state index in [9.17, 15) is 15.0 Å². The standard InChI is InChI=1S/C13H16BrNO4/c1-8-7-19-9(5-14)6-15(8)13(18)10-3-2-4-11(16)12(10)17/h2-4,8-9,16-17H,5-7H2,1H3. The summed E-state index contributed by atoms with van der Waals surface area (Å²) < 4.78 is 5.56. The second kappa shape index (κ2) is 5.79. The summed E-state index contributed by atoms with van der Waals surface area (Å²) in [7, 11) is 0. The van der Waals surface area contributed by atoms with E-state index in [1.54, 1.807) is 4.90 Å². The number of phenolic OH excluding ortho intramolecular Hbond substituents is 2. The molecule has 1 heterocycles. The van der Waals surface area contributed by atoms with Crippen molar-refractivity contribution < 1.29 is 19.7 Å². The maximum absolute atomic E-state index is 12.4. The third-order valence-electron chi connectivity index (χ3n) is 3.18. The lowest BCUT2D eigenvalue weighted by molar-refractivity contribution is -0.0362. The van der Waals surface area contributed by atoms with E-state index < -0.39 is 0 Å². The monoisotopic (exact) mass is 329 g/mol. The van der Waals surface area contributed by atoms with Crippen LogP contribution in [-0.4, -0.2) is 51.6 Å². The van der Waals surface area contributed by atoms with Crippen molar-refractivity contribution in [3.8, 4) is 11.5 Å². The number of phenols is 2. The highest BCUT2D eigenvalue weighted by Gasteiger charge is 2.31. The minimum Gasteiger partial charge on any atom is -0.504 e. The van der Waals surface area contributed by atoms with Gasteiger partial charge in [0.05, 0.1) is 24.3 Å². The van der Waals surface area contributed by atoms with Crippen LogP contribution in [0, 0.1) is 0 Å². The van der Waals surface area contributed by atoms with Crippen LogP contribution in [0.15, 0.2) is 18.2 Å². The number of hydrogen-bond acceptors (Lipinski definition) is 4. The molecule has 1 fully saturated rings. The smallest absolute Gasteiger partial charge is 0.258 e. The molecule has 0 radical (unpaired) electrons. The Morgan fingerprint density at radius 3 is 2.95 bits per heavy atom. The molecule has 1 amide bonds. The van der Waals surface area contributed by atoms with Gasteiger partial charge in [0.1, 0.15) is 0 Å². The van der Waals surface area contributed by atoms with Crippen LogP contribution >= 0.6 is 15.9 Å². The van der Waals surface area contributed by atoms with Gasteiger partial charge in [0.15, 0.2) is 11.5 Å². The molecule has 0 saturated carbocycles. The summed E-state index contributed by atoms with van der Waals surface area (Å²) in [4.78, 5) is 14.1. The molecule has 2 atom stereocenters. The molecule has 19 heavy (non-hydrogen) atoms. The van der Waals surface area contributed by atoms with E-state index in [0.717, 1.165) is 0 Å². The number of carbonyl (C=O) groups excluding carboxylic acids is 1. The number of aromatic hydroxyl groups is 2. The first kappa shape index (κ1) is 14.1. The Balaban J connectivity index is 2.24. The van der Waals surface area contributed by atoms with Gasteiger partial charge >= 0.3 is 0 Å². The van der Waals surface area contributed by atoms with Crippen molar-refractivity contribution in [2.45, 2.75) is 19.1 Å². The number of para-hydroxylation sites is 1. The zero-order valence-electron chi connectivity index (χ0n) is 10.5. The first-order valence-corrected chi connectivity index (χ1v) is 7.16. The van der Waals surface area contributed by atoms with Gasteiger partial charge in [-0.1, -0.05) is 22.0 Å². The van der Waals surface area contributed by atoms with Gasteiger partial charge in [0.25, 0.3) is 5.91 Å². The van der Waals surface area contributed by atoms with Crippen LogP contribution < -0.4 is 0 Å². The molecule has 2 N–H and O–H groups in total. The van der Waals surface area contributed by atoms with Crippen molar-refractivity contribution in [2.24, 2.45) is 0 Å². The molecule has 0 aliphatic carbocycles. The second-order valence-electron chi connectivity index (χ2n) is 4.59. The molecule has 1 saturated heterocycles. The molecule has 0 spiro atoms. The van der Waals surface area contributed by atoms with Gasteiger partial charge < -0.3 is 19.8 Å². The number of rotatable bonds is 2. The van der Waals surface area contributed by atoms with Crippen LogP contribution in [0.4, 0.5) is 0 Å². The zero-order chi connectivity index (χ0) is 14.0. The lowest BCUT2D eigenvalue weighted by Crippen LogP contribution is -2.51. The molecular formula is C13H16BrNO4. The van der Waals surface area contributed by atoms with E-state index in [4.69, 9.17) is 4.74 Å². The predicted octanol–water partition coefficient (Wildman–Crippen LogP) is 1.72. The van der Waals surface area contributed by atoms with Gasteiger partial charge in [0.2, 0.25) is 0 Å². The molecular weight excluding hydrogens is 314 g/mol. The Morgan fingerprint density at radius 1 is 1.53 bits per heavy atom. The molecule has 104 valence electrons. The minimum absolute atomic E-state index is 0.0559. The van der Waals surface area contributed by atoms with Crippen LogP contribution in [0.1, 0.15) is 17.3 Å². The number of morpholine rings is 1. The van der Waals surface area contributed by atoms with E-state index in [1.165, 1.54) is 18.2 Å². The summed E-state index contributed by atoms with van der Waals surface area (Å²) in [5.74, 6) is -0.958. The highest BCUT2D eigenvalue weighted by Crippen LogP contribution is 2.30. The maximum atomic E-state index is 12.4. The number of benzene rings is 1. The molecule has 0 aromatic heterocycles. The summed E-state index contributed by atoms with van der Waals surface area (Å²) in [6.45, 7) is 2.81. The van der Waals surface area contributed by atoms with Crippen molar-refractivity contribution >= 4 is 21.8 Å². The molecule has 1 aromatic carbocycles. The average Bonchev–Trinajstić information content (AvgIpc) is 2.42. The molecule has 2 unspecified atom stereocenters. The summed E-state index contributed by atoms with van der Waals surface area (Å²) >= 11 is 3.34.